The van der Waals surface area contributed by atoms with Crippen molar-refractivity contribution in [1.82, 2.24) is 10.2 Å². The van der Waals surface area contributed by atoms with Gasteiger partial charge in [-0.25, -0.2) is 13.2 Å². The molecule has 1 unspecified atom stereocenters. The molecule has 0 spiro atoms. The quantitative estimate of drug-likeness (QED) is 0.434. The summed E-state index contributed by atoms with van der Waals surface area (Å²) < 4.78 is 25.8. The fourth-order valence-electron chi connectivity index (χ4n) is 3.68. The van der Waals surface area contributed by atoms with Gasteiger partial charge >= 0.3 is 6.03 Å². The number of urea groups is 1. The molecule has 8 heteroatoms. The minimum absolute atomic E-state index is 0.00351. The van der Waals surface area contributed by atoms with Crippen molar-refractivity contribution in [2.45, 2.75) is 43.6 Å². The van der Waals surface area contributed by atoms with E-state index in [-0.39, 0.29) is 28.1 Å². The summed E-state index contributed by atoms with van der Waals surface area (Å²) in [7, 11) is -2.03. The van der Waals surface area contributed by atoms with Crippen molar-refractivity contribution in [2.75, 3.05) is 12.4 Å². The van der Waals surface area contributed by atoms with Crippen LogP contribution in [-0.4, -0.2) is 37.5 Å². The average molecular weight is 456 g/mol. The van der Waals surface area contributed by atoms with Crippen LogP contribution in [0.25, 0.3) is 0 Å². The smallest absolute Gasteiger partial charge is 0.322 e. The predicted molar refractivity (Wildman–Crippen MR) is 126 cm³/mol. The number of phenols is 1. The molecular formula is C24H29N3O4S. The predicted octanol–water partition coefficient (Wildman–Crippen LogP) is 3.95. The van der Waals surface area contributed by atoms with Crippen molar-refractivity contribution in [2.24, 2.45) is 0 Å². The Morgan fingerprint density at radius 2 is 1.97 bits per heavy atom. The lowest BCUT2D eigenvalue weighted by Gasteiger charge is -2.26. The van der Waals surface area contributed by atoms with Crippen LogP contribution in [0.4, 0.5) is 10.5 Å². The van der Waals surface area contributed by atoms with Gasteiger partial charge in [0.2, 0.25) is 0 Å². The molecule has 0 fully saturated rings. The van der Waals surface area contributed by atoms with Crippen molar-refractivity contribution in [3.63, 3.8) is 0 Å². The Morgan fingerprint density at radius 1 is 1.25 bits per heavy atom. The lowest BCUT2D eigenvalue weighted by atomic mass is 10.1. The molecule has 170 valence electrons. The molecule has 0 bridgehead atoms. The number of hydrogen-bond donors (Lipinski definition) is 3. The fraction of sp³-hybridized carbons (Fsp3) is 0.292. The summed E-state index contributed by atoms with van der Waals surface area (Å²) in [6.07, 6.45) is 3.55. The summed E-state index contributed by atoms with van der Waals surface area (Å²) in [5.41, 5.74) is 4.00. The van der Waals surface area contributed by atoms with Gasteiger partial charge in [0, 0.05) is 26.2 Å². The van der Waals surface area contributed by atoms with E-state index in [0.29, 0.717) is 5.56 Å². The van der Waals surface area contributed by atoms with E-state index in [1.165, 1.54) is 28.7 Å². The maximum absolute atomic E-state index is 12.9. The second kappa shape index (κ2) is 9.58. The highest BCUT2D eigenvalue weighted by molar-refractivity contribution is 7.90. The Bertz CT molecular complexity index is 1170. The minimum Gasteiger partial charge on any atom is -0.506 e. The highest BCUT2D eigenvalue weighted by Gasteiger charge is 2.21. The van der Waals surface area contributed by atoms with Gasteiger partial charge < -0.3 is 20.6 Å². The number of rotatable bonds is 7. The molecule has 1 aliphatic heterocycles. The highest BCUT2D eigenvalue weighted by Crippen LogP contribution is 2.29. The Morgan fingerprint density at radius 3 is 2.62 bits per heavy atom. The number of carbonyl (C=O) groups is 1. The van der Waals surface area contributed by atoms with Crippen molar-refractivity contribution in [3.05, 3.63) is 77.4 Å². The van der Waals surface area contributed by atoms with Gasteiger partial charge in [-0.05, 0) is 48.2 Å². The first-order valence-corrected chi connectivity index (χ1v) is 12.0. The molecule has 0 saturated heterocycles. The number of nitrogens with zero attached hydrogens (tertiary/aromatic N) is 1. The molecule has 2 aromatic carbocycles. The first-order valence-electron chi connectivity index (χ1n) is 10.4. The number of anilines is 1. The Balaban J connectivity index is 1.74. The molecule has 3 rings (SSSR count). The zero-order valence-electron chi connectivity index (χ0n) is 18.6. The second-order valence-corrected chi connectivity index (χ2v) is 9.84. The lowest BCUT2D eigenvalue weighted by molar-refractivity contribution is 0.214. The Kier molecular flexibility index (Phi) is 7.06. The largest absolute Gasteiger partial charge is 0.506 e. The first kappa shape index (κ1) is 23.6. The van der Waals surface area contributed by atoms with Crippen molar-refractivity contribution in [1.29, 1.82) is 0 Å². The maximum Gasteiger partial charge on any atom is 0.322 e. The Labute approximate surface area is 189 Å². The number of carbonyl (C=O) groups excluding carboxylic acids is 1. The van der Waals surface area contributed by atoms with E-state index in [1.54, 1.807) is 13.1 Å². The molecule has 3 N–H and O–H groups in total. The molecule has 0 aromatic heterocycles. The number of likely N-dealkylation sites (N-methyl/N-ethyl adjacent to an activating group) is 1. The molecule has 0 saturated carbocycles. The Hall–Kier alpha value is -3.10. The van der Waals surface area contributed by atoms with E-state index in [2.05, 4.69) is 17.2 Å². The third kappa shape index (κ3) is 5.03. The van der Waals surface area contributed by atoms with Crippen LogP contribution in [0.1, 0.15) is 30.5 Å². The molecule has 32 heavy (non-hydrogen) atoms. The van der Waals surface area contributed by atoms with Gasteiger partial charge in [-0.3, -0.25) is 0 Å². The number of nitrogens with one attached hydrogen (secondary N) is 2. The maximum atomic E-state index is 12.9. The monoisotopic (exact) mass is 455 g/mol. The van der Waals surface area contributed by atoms with Crippen LogP contribution >= 0.6 is 0 Å². The lowest BCUT2D eigenvalue weighted by Crippen LogP contribution is -2.39. The summed E-state index contributed by atoms with van der Waals surface area (Å²) in [5.74, 6) is -0.479. The van der Waals surface area contributed by atoms with Gasteiger partial charge in [-0.1, -0.05) is 36.9 Å². The molecule has 1 heterocycles. The summed E-state index contributed by atoms with van der Waals surface area (Å²) in [5, 5.41) is 16.2. The normalized spacial score (nSPS) is 14.5. The van der Waals surface area contributed by atoms with Gasteiger partial charge in [0.15, 0.2) is 9.84 Å². The van der Waals surface area contributed by atoms with Crippen molar-refractivity contribution >= 4 is 21.6 Å². The summed E-state index contributed by atoms with van der Waals surface area (Å²) >= 11 is 0. The third-order valence-electron chi connectivity index (χ3n) is 5.78. The van der Waals surface area contributed by atoms with Crippen molar-refractivity contribution in [3.8, 4) is 5.75 Å². The van der Waals surface area contributed by atoms with E-state index in [9.17, 15) is 18.3 Å². The van der Waals surface area contributed by atoms with Crippen LogP contribution in [0.5, 0.6) is 5.75 Å². The van der Waals surface area contributed by atoms with E-state index >= 15 is 0 Å². The molecule has 2 amide bonds. The molecule has 1 atom stereocenters. The van der Waals surface area contributed by atoms with E-state index in [0.717, 1.165) is 24.2 Å². The van der Waals surface area contributed by atoms with Gasteiger partial charge in [0.25, 0.3) is 0 Å². The van der Waals surface area contributed by atoms with Gasteiger partial charge in [0.05, 0.1) is 22.4 Å². The average Bonchev–Trinajstić information content (AvgIpc) is 3.22. The van der Waals surface area contributed by atoms with Crippen LogP contribution in [-0.2, 0) is 28.7 Å². The number of fused-ring (bicyclic) bond motifs is 1. The van der Waals surface area contributed by atoms with Crippen LogP contribution in [0.2, 0.25) is 0 Å². The molecular weight excluding hydrogens is 426 g/mol. The molecule has 2 aromatic rings. The number of benzene rings is 2. The number of aromatic hydroxyl groups is 1. The van der Waals surface area contributed by atoms with Crippen LogP contribution in [0.3, 0.4) is 0 Å². The van der Waals surface area contributed by atoms with Gasteiger partial charge in [-0.2, -0.15) is 0 Å². The number of phenolic OH excluding ortho intramolecular Hbond substituents is 1. The number of amides is 2. The third-order valence-corrected chi connectivity index (χ3v) is 7.47. The summed E-state index contributed by atoms with van der Waals surface area (Å²) in [4.78, 5) is 14.0. The van der Waals surface area contributed by atoms with Gasteiger partial charge in [-0.15, -0.1) is 0 Å². The SMILES string of the molecule is C=C/C(=C\C)C(C)N(C)C(=O)Nc1ccc(S(=O)(=O)Cc2ccc3c(c2)CNC3)cc1O. The molecule has 0 radical (unpaired) electrons. The number of sulfone groups is 1. The molecule has 1 aliphatic rings. The second-order valence-electron chi connectivity index (χ2n) is 7.85. The van der Waals surface area contributed by atoms with Crippen LogP contribution < -0.4 is 10.6 Å². The molecule has 0 aliphatic carbocycles. The highest BCUT2D eigenvalue weighted by atomic mass is 32.2. The summed E-state index contributed by atoms with van der Waals surface area (Å²) in [6.45, 7) is 9.00. The summed E-state index contributed by atoms with van der Waals surface area (Å²) in [6, 6.07) is 8.97. The van der Waals surface area contributed by atoms with Crippen LogP contribution in [0, 0.1) is 0 Å². The minimum atomic E-state index is -3.67. The zero-order chi connectivity index (χ0) is 23.5. The fourth-order valence-corrected chi connectivity index (χ4v) is 5.04. The van der Waals surface area contributed by atoms with E-state index in [4.69, 9.17) is 0 Å². The molecule has 7 nitrogen and oxygen atoms in total. The van der Waals surface area contributed by atoms with E-state index in [1.807, 2.05) is 38.1 Å². The van der Waals surface area contributed by atoms with Crippen molar-refractivity contribution < 1.29 is 18.3 Å². The van der Waals surface area contributed by atoms with E-state index < -0.39 is 15.9 Å². The van der Waals surface area contributed by atoms with Gasteiger partial charge in [0.1, 0.15) is 5.75 Å². The number of hydrogen-bond acceptors (Lipinski definition) is 5. The number of allylic oxidation sites excluding steroid dienone is 1. The topological polar surface area (TPSA) is 98.7 Å². The standard InChI is InChI=1S/C24H29N3O4S/c1-5-18(6-2)16(3)27(4)24(29)26-22-10-9-21(12-23(22)28)32(30,31)15-17-7-8-19-13-25-14-20(19)11-17/h5-12,16,25,28H,1,13-15H2,2-4H3,(H,26,29)/b18-6+. The van der Waals surface area contributed by atoms with Crippen LogP contribution in [0.15, 0.2) is 65.6 Å². The zero-order valence-corrected chi connectivity index (χ0v) is 19.4. The first-order chi connectivity index (χ1) is 15.2.